The molecular weight excluding hydrogens is 308 g/mol. The van der Waals surface area contributed by atoms with E-state index in [1.807, 2.05) is 18.7 Å². The SMILES string of the molecule is CC(=O)NC(C)(C)c1noc(C(CC(C)C)N2CCCCC2=O)n1. The Morgan fingerprint density at radius 3 is 2.67 bits per heavy atom. The van der Waals surface area contributed by atoms with E-state index in [4.69, 9.17) is 4.52 Å². The highest BCUT2D eigenvalue weighted by Gasteiger charge is 2.34. The van der Waals surface area contributed by atoms with Gasteiger partial charge in [-0.05, 0) is 39.0 Å². The van der Waals surface area contributed by atoms with Crippen molar-refractivity contribution in [1.29, 1.82) is 0 Å². The van der Waals surface area contributed by atoms with Gasteiger partial charge in [0.2, 0.25) is 17.7 Å². The number of nitrogens with zero attached hydrogens (tertiary/aromatic N) is 3. The van der Waals surface area contributed by atoms with Crippen LogP contribution < -0.4 is 5.32 Å². The first-order chi connectivity index (χ1) is 11.2. The number of rotatable bonds is 6. The standard InChI is InChI=1S/C17H28N4O3/c1-11(2)10-13(21-9-7-6-8-14(21)23)15-18-16(20-24-15)17(4,5)19-12(3)22/h11,13H,6-10H2,1-5H3,(H,19,22). The van der Waals surface area contributed by atoms with Crippen LogP contribution in [0.1, 0.15) is 78.1 Å². The van der Waals surface area contributed by atoms with Gasteiger partial charge in [0.25, 0.3) is 0 Å². The summed E-state index contributed by atoms with van der Waals surface area (Å²) < 4.78 is 5.49. The Labute approximate surface area is 143 Å². The lowest BCUT2D eigenvalue weighted by Gasteiger charge is -2.33. The van der Waals surface area contributed by atoms with Crippen LogP contribution in [0.5, 0.6) is 0 Å². The zero-order chi connectivity index (χ0) is 17.9. The second-order valence-electron chi connectivity index (χ2n) is 7.45. The Hall–Kier alpha value is -1.92. The van der Waals surface area contributed by atoms with Crippen LogP contribution in [-0.2, 0) is 15.1 Å². The zero-order valence-electron chi connectivity index (χ0n) is 15.3. The highest BCUT2D eigenvalue weighted by atomic mass is 16.5. The summed E-state index contributed by atoms with van der Waals surface area (Å²) in [6.45, 7) is 10.1. The third-order valence-electron chi connectivity index (χ3n) is 4.21. The number of piperidine rings is 1. The zero-order valence-corrected chi connectivity index (χ0v) is 15.3. The van der Waals surface area contributed by atoms with Gasteiger partial charge in [0.1, 0.15) is 6.04 Å². The molecule has 0 spiro atoms. The molecule has 1 aliphatic rings. The molecule has 1 atom stereocenters. The first-order valence-electron chi connectivity index (χ1n) is 8.63. The van der Waals surface area contributed by atoms with Crippen molar-refractivity contribution in [2.45, 2.75) is 71.9 Å². The summed E-state index contributed by atoms with van der Waals surface area (Å²) >= 11 is 0. The largest absolute Gasteiger partial charge is 0.344 e. The third-order valence-corrected chi connectivity index (χ3v) is 4.21. The van der Waals surface area contributed by atoms with E-state index in [2.05, 4.69) is 29.3 Å². The van der Waals surface area contributed by atoms with E-state index in [0.717, 1.165) is 25.8 Å². The summed E-state index contributed by atoms with van der Waals surface area (Å²) in [6, 6.07) is -0.202. The van der Waals surface area contributed by atoms with Crippen LogP contribution in [-0.4, -0.2) is 33.4 Å². The molecule has 0 saturated carbocycles. The number of nitrogens with one attached hydrogen (secondary N) is 1. The van der Waals surface area contributed by atoms with Crippen LogP contribution in [0.4, 0.5) is 0 Å². The Morgan fingerprint density at radius 2 is 2.08 bits per heavy atom. The molecule has 2 amide bonds. The van der Waals surface area contributed by atoms with Crippen LogP contribution >= 0.6 is 0 Å². The van der Waals surface area contributed by atoms with E-state index < -0.39 is 5.54 Å². The minimum Gasteiger partial charge on any atom is -0.344 e. The van der Waals surface area contributed by atoms with Crippen molar-refractivity contribution in [2.24, 2.45) is 5.92 Å². The predicted molar refractivity (Wildman–Crippen MR) is 88.9 cm³/mol. The van der Waals surface area contributed by atoms with Gasteiger partial charge < -0.3 is 14.7 Å². The minimum absolute atomic E-state index is 0.146. The maximum absolute atomic E-state index is 12.3. The number of aromatic nitrogens is 2. The molecule has 0 radical (unpaired) electrons. The molecule has 7 nitrogen and oxygen atoms in total. The number of hydrogen-bond donors (Lipinski definition) is 1. The lowest BCUT2D eigenvalue weighted by atomic mass is 9.99. The molecule has 1 saturated heterocycles. The van der Waals surface area contributed by atoms with Gasteiger partial charge in [-0.2, -0.15) is 4.98 Å². The third kappa shape index (κ3) is 4.33. The summed E-state index contributed by atoms with van der Waals surface area (Å²) in [5, 5.41) is 6.86. The van der Waals surface area contributed by atoms with Crippen molar-refractivity contribution in [3.05, 3.63) is 11.7 Å². The second kappa shape index (κ2) is 7.32. The number of likely N-dealkylation sites (tertiary alicyclic amines) is 1. The van der Waals surface area contributed by atoms with E-state index in [1.54, 1.807) is 0 Å². The number of carbonyl (C=O) groups excluding carboxylic acids is 2. The minimum atomic E-state index is -0.720. The van der Waals surface area contributed by atoms with Gasteiger partial charge >= 0.3 is 0 Å². The average Bonchev–Trinajstić information content (AvgIpc) is 2.94. The van der Waals surface area contributed by atoms with E-state index >= 15 is 0 Å². The molecule has 0 bridgehead atoms. The van der Waals surface area contributed by atoms with E-state index in [0.29, 0.717) is 24.1 Å². The van der Waals surface area contributed by atoms with Gasteiger partial charge in [0, 0.05) is 19.9 Å². The van der Waals surface area contributed by atoms with Crippen molar-refractivity contribution >= 4 is 11.8 Å². The Bertz CT molecular complexity index is 594. The number of hydrogen-bond acceptors (Lipinski definition) is 5. The maximum atomic E-state index is 12.3. The van der Waals surface area contributed by atoms with E-state index in [9.17, 15) is 9.59 Å². The second-order valence-corrected chi connectivity index (χ2v) is 7.45. The molecule has 2 heterocycles. The van der Waals surface area contributed by atoms with Crippen molar-refractivity contribution in [3.63, 3.8) is 0 Å². The predicted octanol–water partition coefficient (Wildman–Crippen LogP) is 2.54. The number of amides is 2. The van der Waals surface area contributed by atoms with Crippen molar-refractivity contribution in [3.8, 4) is 0 Å². The quantitative estimate of drug-likeness (QED) is 0.862. The molecule has 1 aromatic rings. The monoisotopic (exact) mass is 336 g/mol. The normalized spacial score (nSPS) is 17.2. The molecular formula is C17H28N4O3. The van der Waals surface area contributed by atoms with Gasteiger partial charge in [0.05, 0.1) is 5.54 Å². The fourth-order valence-electron chi connectivity index (χ4n) is 3.08. The summed E-state index contributed by atoms with van der Waals surface area (Å²) in [4.78, 5) is 30.1. The summed E-state index contributed by atoms with van der Waals surface area (Å²) in [7, 11) is 0. The highest BCUT2D eigenvalue weighted by Crippen LogP contribution is 2.31. The van der Waals surface area contributed by atoms with Crippen LogP contribution in [0, 0.1) is 5.92 Å². The molecule has 1 N–H and O–H groups in total. The Balaban J connectivity index is 2.27. The lowest BCUT2D eigenvalue weighted by Crippen LogP contribution is -2.41. The Kier molecular flexibility index (Phi) is 5.62. The molecule has 0 aromatic carbocycles. The summed E-state index contributed by atoms with van der Waals surface area (Å²) in [5.74, 6) is 1.26. The first kappa shape index (κ1) is 18.4. The molecule has 1 unspecified atom stereocenters. The van der Waals surface area contributed by atoms with Crippen molar-refractivity contribution in [2.75, 3.05) is 6.54 Å². The molecule has 134 valence electrons. The van der Waals surface area contributed by atoms with Gasteiger partial charge in [-0.3, -0.25) is 9.59 Å². The summed E-state index contributed by atoms with van der Waals surface area (Å²) in [6.07, 6.45) is 3.29. The molecule has 2 rings (SSSR count). The van der Waals surface area contributed by atoms with Crippen LogP contribution in [0.15, 0.2) is 4.52 Å². The van der Waals surface area contributed by atoms with Gasteiger partial charge in [-0.15, -0.1) is 0 Å². The van der Waals surface area contributed by atoms with Gasteiger partial charge in [-0.1, -0.05) is 19.0 Å². The first-order valence-corrected chi connectivity index (χ1v) is 8.63. The van der Waals surface area contributed by atoms with Crippen molar-refractivity contribution in [1.82, 2.24) is 20.4 Å². The molecule has 0 aliphatic carbocycles. The average molecular weight is 336 g/mol. The fraction of sp³-hybridized carbons (Fsp3) is 0.765. The van der Waals surface area contributed by atoms with Crippen LogP contribution in [0.2, 0.25) is 0 Å². The molecule has 24 heavy (non-hydrogen) atoms. The Morgan fingerprint density at radius 1 is 1.38 bits per heavy atom. The fourth-order valence-corrected chi connectivity index (χ4v) is 3.08. The topological polar surface area (TPSA) is 88.3 Å². The van der Waals surface area contributed by atoms with Crippen LogP contribution in [0.3, 0.4) is 0 Å². The molecule has 7 heteroatoms. The van der Waals surface area contributed by atoms with Gasteiger partial charge in [-0.25, -0.2) is 0 Å². The van der Waals surface area contributed by atoms with Gasteiger partial charge in [0.15, 0.2) is 5.82 Å². The number of carbonyl (C=O) groups is 2. The van der Waals surface area contributed by atoms with E-state index in [-0.39, 0.29) is 17.9 Å². The van der Waals surface area contributed by atoms with Crippen LogP contribution in [0.25, 0.3) is 0 Å². The lowest BCUT2D eigenvalue weighted by molar-refractivity contribution is -0.137. The van der Waals surface area contributed by atoms with Crippen molar-refractivity contribution < 1.29 is 14.1 Å². The van der Waals surface area contributed by atoms with E-state index in [1.165, 1.54) is 6.92 Å². The molecule has 1 aromatic heterocycles. The summed E-state index contributed by atoms with van der Waals surface area (Å²) in [5.41, 5.74) is -0.720. The smallest absolute Gasteiger partial charge is 0.249 e. The highest BCUT2D eigenvalue weighted by molar-refractivity contribution is 5.77. The molecule has 1 fully saturated rings. The molecule has 1 aliphatic heterocycles. The maximum Gasteiger partial charge on any atom is 0.249 e.